The number of alkyl halides is 2. The standard InChI is InChI=1S/C10H16F2N4O/c1-2-3-14-8-5-13-6-9(16-8)15-4-7(17)10(11)12/h5-7,10,17H,2-4H2,1H3,(H2,14,15,16). The number of hydrogen-bond donors (Lipinski definition) is 3. The van der Waals surface area contributed by atoms with Gasteiger partial charge in [0.15, 0.2) is 0 Å². The molecule has 1 unspecified atom stereocenters. The highest BCUT2D eigenvalue weighted by Crippen LogP contribution is 2.08. The zero-order valence-corrected chi connectivity index (χ0v) is 9.53. The van der Waals surface area contributed by atoms with Crippen LogP contribution in [0, 0.1) is 0 Å². The maximum absolute atomic E-state index is 12.0. The number of aromatic nitrogens is 2. The van der Waals surface area contributed by atoms with Gasteiger partial charge in [-0.25, -0.2) is 13.8 Å². The zero-order chi connectivity index (χ0) is 12.7. The molecule has 0 saturated carbocycles. The van der Waals surface area contributed by atoms with Gasteiger partial charge in [-0.15, -0.1) is 0 Å². The molecule has 3 N–H and O–H groups in total. The molecule has 1 aromatic rings. The van der Waals surface area contributed by atoms with Crippen LogP contribution >= 0.6 is 0 Å². The third-order valence-electron chi connectivity index (χ3n) is 1.97. The van der Waals surface area contributed by atoms with E-state index in [2.05, 4.69) is 20.6 Å². The quantitative estimate of drug-likeness (QED) is 0.677. The lowest BCUT2D eigenvalue weighted by Crippen LogP contribution is -2.27. The molecule has 0 aliphatic carbocycles. The Hall–Kier alpha value is -1.50. The number of aliphatic hydroxyl groups is 1. The SMILES string of the molecule is CCCNc1cncc(NCC(O)C(F)F)n1. The first-order valence-corrected chi connectivity index (χ1v) is 5.39. The maximum atomic E-state index is 12.0. The molecule has 5 nitrogen and oxygen atoms in total. The van der Waals surface area contributed by atoms with E-state index in [0.717, 1.165) is 13.0 Å². The highest BCUT2D eigenvalue weighted by molar-refractivity contribution is 5.41. The monoisotopic (exact) mass is 246 g/mol. The van der Waals surface area contributed by atoms with Crippen molar-refractivity contribution in [3.8, 4) is 0 Å². The van der Waals surface area contributed by atoms with Gasteiger partial charge in [0.2, 0.25) is 0 Å². The van der Waals surface area contributed by atoms with Gasteiger partial charge in [0.1, 0.15) is 17.7 Å². The average Bonchev–Trinajstić information content (AvgIpc) is 2.33. The second-order valence-corrected chi connectivity index (χ2v) is 3.50. The minimum Gasteiger partial charge on any atom is -0.385 e. The lowest BCUT2D eigenvalue weighted by atomic mass is 10.4. The molecule has 17 heavy (non-hydrogen) atoms. The maximum Gasteiger partial charge on any atom is 0.265 e. The summed E-state index contributed by atoms with van der Waals surface area (Å²) in [5.74, 6) is 0.925. The molecular formula is C10H16F2N4O. The van der Waals surface area contributed by atoms with E-state index in [1.807, 2.05) is 6.92 Å². The summed E-state index contributed by atoms with van der Waals surface area (Å²) in [7, 11) is 0. The summed E-state index contributed by atoms with van der Waals surface area (Å²) >= 11 is 0. The average molecular weight is 246 g/mol. The first-order valence-electron chi connectivity index (χ1n) is 5.39. The Morgan fingerprint density at radius 3 is 2.53 bits per heavy atom. The fourth-order valence-electron chi connectivity index (χ4n) is 1.09. The van der Waals surface area contributed by atoms with E-state index in [1.165, 1.54) is 6.20 Å². The number of halogens is 2. The van der Waals surface area contributed by atoms with E-state index >= 15 is 0 Å². The number of nitrogens with one attached hydrogen (secondary N) is 2. The van der Waals surface area contributed by atoms with Gasteiger partial charge in [-0.2, -0.15) is 0 Å². The molecule has 0 aromatic carbocycles. The van der Waals surface area contributed by atoms with E-state index in [0.29, 0.717) is 11.6 Å². The number of anilines is 2. The molecule has 7 heteroatoms. The summed E-state index contributed by atoms with van der Waals surface area (Å²) in [5, 5.41) is 14.5. The van der Waals surface area contributed by atoms with Crippen LogP contribution in [-0.4, -0.2) is 40.7 Å². The van der Waals surface area contributed by atoms with Crippen LogP contribution in [0.3, 0.4) is 0 Å². The summed E-state index contributed by atoms with van der Waals surface area (Å²) in [6, 6.07) is 0. The van der Waals surface area contributed by atoms with Crippen molar-refractivity contribution in [1.29, 1.82) is 0 Å². The van der Waals surface area contributed by atoms with Crippen molar-refractivity contribution >= 4 is 11.6 Å². The minimum absolute atomic E-state index is 0.260. The Labute approximate surface area is 98.3 Å². The molecule has 1 heterocycles. The van der Waals surface area contributed by atoms with Gasteiger partial charge in [0.25, 0.3) is 6.43 Å². The lowest BCUT2D eigenvalue weighted by Gasteiger charge is -2.11. The van der Waals surface area contributed by atoms with Crippen LogP contribution in [-0.2, 0) is 0 Å². The van der Waals surface area contributed by atoms with Crippen molar-refractivity contribution in [3.63, 3.8) is 0 Å². The molecule has 0 spiro atoms. The fraction of sp³-hybridized carbons (Fsp3) is 0.600. The zero-order valence-electron chi connectivity index (χ0n) is 9.53. The van der Waals surface area contributed by atoms with E-state index in [1.54, 1.807) is 6.20 Å². The highest BCUT2D eigenvalue weighted by atomic mass is 19.3. The van der Waals surface area contributed by atoms with Gasteiger partial charge in [0.05, 0.1) is 12.4 Å². The van der Waals surface area contributed by atoms with Crippen LogP contribution in [0.2, 0.25) is 0 Å². The molecule has 0 aliphatic heterocycles. The first kappa shape index (κ1) is 13.6. The normalized spacial score (nSPS) is 12.5. The Morgan fingerprint density at radius 1 is 1.29 bits per heavy atom. The Bertz CT molecular complexity index is 338. The Morgan fingerprint density at radius 2 is 1.94 bits per heavy atom. The third-order valence-corrected chi connectivity index (χ3v) is 1.97. The molecular weight excluding hydrogens is 230 g/mol. The summed E-state index contributed by atoms with van der Waals surface area (Å²) in [6.45, 7) is 2.52. The number of aliphatic hydroxyl groups excluding tert-OH is 1. The van der Waals surface area contributed by atoms with E-state index < -0.39 is 12.5 Å². The minimum atomic E-state index is -2.77. The van der Waals surface area contributed by atoms with Crippen LogP contribution in [0.25, 0.3) is 0 Å². The molecule has 1 rings (SSSR count). The van der Waals surface area contributed by atoms with Crippen molar-refractivity contribution in [2.75, 3.05) is 23.7 Å². The molecule has 0 saturated heterocycles. The smallest absolute Gasteiger partial charge is 0.265 e. The van der Waals surface area contributed by atoms with Crippen molar-refractivity contribution < 1.29 is 13.9 Å². The third kappa shape index (κ3) is 4.90. The predicted molar refractivity (Wildman–Crippen MR) is 61.3 cm³/mol. The molecule has 0 radical (unpaired) electrons. The van der Waals surface area contributed by atoms with Crippen LogP contribution in [0.15, 0.2) is 12.4 Å². The van der Waals surface area contributed by atoms with Gasteiger partial charge < -0.3 is 15.7 Å². The van der Waals surface area contributed by atoms with Crippen LogP contribution < -0.4 is 10.6 Å². The summed E-state index contributed by atoms with van der Waals surface area (Å²) in [5.41, 5.74) is 0. The van der Waals surface area contributed by atoms with Crippen molar-refractivity contribution in [2.24, 2.45) is 0 Å². The first-order chi connectivity index (χ1) is 8.13. The lowest BCUT2D eigenvalue weighted by molar-refractivity contribution is 0.00380. The van der Waals surface area contributed by atoms with Gasteiger partial charge in [-0.05, 0) is 6.42 Å². The largest absolute Gasteiger partial charge is 0.385 e. The molecule has 0 aliphatic rings. The van der Waals surface area contributed by atoms with Gasteiger partial charge in [-0.3, -0.25) is 4.98 Å². The molecule has 1 aromatic heterocycles. The molecule has 0 fully saturated rings. The predicted octanol–water partition coefficient (Wildman–Crippen LogP) is 1.34. The Kier molecular flexibility index (Phi) is 5.55. The topological polar surface area (TPSA) is 70.1 Å². The Balaban J connectivity index is 2.48. The van der Waals surface area contributed by atoms with Gasteiger partial charge in [0, 0.05) is 13.1 Å². The van der Waals surface area contributed by atoms with E-state index in [4.69, 9.17) is 5.11 Å². The van der Waals surface area contributed by atoms with Crippen molar-refractivity contribution in [2.45, 2.75) is 25.9 Å². The number of nitrogens with zero attached hydrogens (tertiary/aromatic N) is 2. The number of hydrogen-bond acceptors (Lipinski definition) is 5. The van der Waals surface area contributed by atoms with Gasteiger partial charge in [-0.1, -0.05) is 6.92 Å². The molecule has 96 valence electrons. The summed E-state index contributed by atoms with van der Waals surface area (Å²) in [6.07, 6.45) is -0.565. The number of rotatable bonds is 7. The second kappa shape index (κ2) is 6.95. The van der Waals surface area contributed by atoms with Crippen molar-refractivity contribution in [1.82, 2.24) is 9.97 Å². The van der Waals surface area contributed by atoms with Gasteiger partial charge >= 0.3 is 0 Å². The molecule has 0 bridgehead atoms. The van der Waals surface area contributed by atoms with Crippen LogP contribution in [0.4, 0.5) is 20.4 Å². The van der Waals surface area contributed by atoms with Crippen LogP contribution in [0.5, 0.6) is 0 Å². The van der Waals surface area contributed by atoms with Crippen molar-refractivity contribution in [3.05, 3.63) is 12.4 Å². The van der Waals surface area contributed by atoms with Crippen LogP contribution in [0.1, 0.15) is 13.3 Å². The molecule has 0 amide bonds. The highest BCUT2D eigenvalue weighted by Gasteiger charge is 2.16. The van der Waals surface area contributed by atoms with E-state index in [9.17, 15) is 8.78 Å². The summed E-state index contributed by atoms with van der Waals surface area (Å²) < 4.78 is 24.1. The van der Waals surface area contributed by atoms with E-state index in [-0.39, 0.29) is 6.54 Å². The second-order valence-electron chi connectivity index (χ2n) is 3.50. The summed E-state index contributed by atoms with van der Waals surface area (Å²) in [4.78, 5) is 8.00. The molecule has 1 atom stereocenters. The fourth-order valence-corrected chi connectivity index (χ4v) is 1.09.